The van der Waals surface area contributed by atoms with Gasteiger partial charge in [-0.1, -0.05) is 6.92 Å². The highest BCUT2D eigenvalue weighted by atomic mass is 32.2. The fourth-order valence-electron chi connectivity index (χ4n) is 1.52. The van der Waals surface area contributed by atoms with Crippen molar-refractivity contribution in [3.05, 3.63) is 12.1 Å². The topological polar surface area (TPSA) is 78.6 Å². The van der Waals surface area contributed by atoms with Crippen molar-refractivity contribution in [1.82, 2.24) is 0 Å². The van der Waals surface area contributed by atoms with Gasteiger partial charge in [-0.2, -0.15) is 0 Å². The lowest BCUT2D eigenvalue weighted by atomic mass is 10.3. The Morgan fingerprint density at radius 3 is 2.24 bits per heavy atom. The Labute approximate surface area is 101 Å². The van der Waals surface area contributed by atoms with Crippen LogP contribution in [0.4, 0.5) is 5.69 Å². The summed E-state index contributed by atoms with van der Waals surface area (Å²) < 4.78 is 34.1. The van der Waals surface area contributed by atoms with Crippen LogP contribution in [0.25, 0.3) is 0 Å². The van der Waals surface area contributed by atoms with Crippen molar-refractivity contribution in [2.24, 2.45) is 0 Å². The van der Waals surface area contributed by atoms with Crippen molar-refractivity contribution in [1.29, 1.82) is 0 Å². The van der Waals surface area contributed by atoms with Gasteiger partial charge >= 0.3 is 0 Å². The van der Waals surface area contributed by atoms with E-state index in [4.69, 9.17) is 15.2 Å². The summed E-state index contributed by atoms with van der Waals surface area (Å²) in [6, 6.07) is 2.86. The number of nitrogens with two attached hydrogens (primary N) is 1. The van der Waals surface area contributed by atoms with E-state index in [9.17, 15) is 8.42 Å². The molecule has 0 spiro atoms. The minimum Gasteiger partial charge on any atom is -0.495 e. The molecular formula is C11H17NO4S. The molecule has 17 heavy (non-hydrogen) atoms. The van der Waals surface area contributed by atoms with Gasteiger partial charge in [-0.05, 0) is 12.5 Å². The van der Waals surface area contributed by atoms with E-state index in [1.807, 2.05) is 0 Å². The second-order valence-corrected chi connectivity index (χ2v) is 5.64. The minimum absolute atomic E-state index is 0.0646. The Balaban J connectivity index is 3.38. The number of hydrogen-bond acceptors (Lipinski definition) is 5. The molecule has 0 bridgehead atoms. The molecule has 0 aliphatic carbocycles. The van der Waals surface area contributed by atoms with E-state index in [0.717, 1.165) is 0 Å². The number of methoxy groups -OCH3 is 2. The standard InChI is InChI=1S/C11H17NO4S/c1-4-5-17(13,14)11-6-8(12)9(15-2)7-10(11)16-3/h6-7H,4-5,12H2,1-3H3. The molecule has 0 saturated heterocycles. The number of rotatable bonds is 5. The van der Waals surface area contributed by atoms with Crippen LogP contribution in [-0.4, -0.2) is 28.4 Å². The summed E-state index contributed by atoms with van der Waals surface area (Å²) in [5, 5.41) is 0. The van der Waals surface area contributed by atoms with Crippen molar-refractivity contribution < 1.29 is 17.9 Å². The summed E-state index contributed by atoms with van der Waals surface area (Å²) in [5.41, 5.74) is 5.98. The van der Waals surface area contributed by atoms with Crippen molar-refractivity contribution in [3.8, 4) is 11.5 Å². The van der Waals surface area contributed by atoms with Gasteiger partial charge in [0, 0.05) is 6.07 Å². The first kappa shape index (κ1) is 13.6. The molecule has 0 aliphatic heterocycles. The predicted molar refractivity (Wildman–Crippen MR) is 66.3 cm³/mol. The molecule has 0 saturated carbocycles. The van der Waals surface area contributed by atoms with E-state index in [1.165, 1.54) is 26.4 Å². The Bertz CT molecular complexity index is 496. The largest absolute Gasteiger partial charge is 0.495 e. The molecule has 1 aromatic carbocycles. The summed E-state index contributed by atoms with van der Waals surface area (Å²) in [6.07, 6.45) is 0.539. The lowest BCUT2D eigenvalue weighted by molar-refractivity contribution is 0.387. The SMILES string of the molecule is CCCS(=O)(=O)c1cc(N)c(OC)cc1OC. The Morgan fingerprint density at radius 2 is 1.76 bits per heavy atom. The molecule has 5 nitrogen and oxygen atoms in total. The summed E-state index contributed by atoms with van der Waals surface area (Å²) in [4.78, 5) is 0.111. The van der Waals surface area contributed by atoms with E-state index in [2.05, 4.69) is 0 Å². The maximum Gasteiger partial charge on any atom is 0.182 e. The predicted octanol–water partition coefficient (Wildman–Crippen LogP) is 1.47. The molecule has 1 rings (SSSR count). The molecule has 0 aliphatic rings. The lowest BCUT2D eigenvalue weighted by Gasteiger charge is -2.12. The summed E-state index contributed by atoms with van der Waals surface area (Å²) in [7, 11) is -0.485. The van der Waals surface area contributed by atoms with Gasteiger partial charge in [0.1, 0.15) is 16.4 Å². The summed E-state index contributed by atoms with van der Waals surface area (Å²) >= 11 is 0. The Hall–Kier alpha value is -1.43. The quantitative estimate of drug-likeness (QED) is 0.810. The maximum atomic E-state index is 12.0. The normalized spacial score (nSPS) is 11.2. The Morgan fingerprint density at radius 1 is 1.18 bits per heavy atom. The van der Waals surface area contributed by atoms with Crippen molar-refractivity contribution in [3.63, 3.8) is 0 Å². The van der Waals surface area contributed by atoms with E-state index in [1.54, 1.807) is 6.92 Å². The number of benzene rings is 1. The second-order valence-electron chi connectivity index (χ2n) is 3.56. The molecule has 96 valence electrons. The first-order chi connectivity index (χ1) is 7.96. The number of ether oxygens (including phenoxy) is 2. The van der Waals surface area contributed by atoms with Gasteiger partial charge in [-0.15, -0.1) is 0 Å². The average molecular weight is 259 g/mol. The third-order valence-corrected chi connectivity index (χ3v) is 4.26. The molecule has 0 amide bonds. The molecule has 0 unspecified atom stereocenters. The van der Waals surface area contributed by atoms with Gasteiger partial charge in [0.05, 0.1) is 25.7 Å². The molecule has 0 fully saturated rings. The first-order valence-corrected chi connectivity index (χ1v) is 6.85. The van der Waals surface area contributed by atoms with Crippen LogP contribution in [-0.2, 0) is 9.84 Å². The molecular weight excluding hydrogens is 242 g/mol. The first-order valence-electron chi connectivity index (χ1n) is 5.20. The van der Waals surface area contributed by atoms with Gasteiger partial charge in [0.2, 0.25) is 0 Å². The van der Waals surface area contributed by atoms with Crippen LogP contribution in [0, 0.1) is 0 Å². The smallest absolute Gasteiger partial charge is 0.182 e. The number of anilines is 1. The Kier molecular flexibility index (Phi) is 4.22. The molecule has 2 N–H and O–H groups in total. The van der Waals surface area contributed by atoms with E-state index < -0.39 is 9.84 Å². The van der Waals surface area contributed by atoms with Crippen LogP contribution in [0.5, 0.6) is 11.5 Å². The zero-order chi connectivity index (χ0) is 13.1. The van der Waals surface area contributed by atoms with E-state index in [0.29, 0.717) is 12.2 Å². The summed E-state index contributed by atoms with van der Waals surface area (Å²) in [5.74, 6) is 0.719. The molecule has 0 atom stereocenters. The monoisotopic (exact) mass is 259 g/mol. The number of sulfone groups is 1. The van der Waals surface area contributed by atoms with Crippen molar-refractivity contribution in [2.75, 3.05) is 25.7 Å². The van der Waals surface area contributed by atoms with Gasteiger partial charge in [0.15, 0.2) is 9.84 Å². The van der Waals surface area contributed by atoms with Crippen LogP contribution >= 0.6 is 0 Å². The van der Waals surface area contributed by atoms with E-state index in [-0.39, 0.29) is 22.1 Å². The average Bonchev–Trinajstić information content (AvgIpc) is 2.28. The van der Waals surface area contributed by atoms with Crippen LogP contribution < -0.4 is 15.2 Å². The molecule has 6 heteroatoms. The highest BCUT2D eigenvalue weighted by Crippen LogP contribution is 2.34. The molecule has 0 radical (unpaired) electrons. The lowest BCUT2D eigenvalue weighted by Crippen LogP contribution is -2.09. The van der Waals surface area contributed by atoms with Crippen molar-refractivity contribution >= 4 is 15.5 Å². The van der Waals surface area contributed by atoms with Crippen LogP contribution in [0.2, 0.25) is 0 Å². The van der Waals surface area contributed by atoms with E-state index >= 15 is 0 Å². The fourth-order valence-corrected chi connectivity index (χ4v) is 3.03. The van der Waals surface area contributed by atoms with Crippen LogP contribution in [0.3, 0.4) is 0 Å². The third kappa shape index (κ3) is 2.82. The van der Waals surface area contributed by atoms with Gasteiger partial charge < -0.3 is 15.2 Å². The zero-order valence-electron chi connectivity index (χ0n) is 10.2. The third-order valence-electron chi connectivity index (χ3n) is 2.32. The molecule has 1 aromatic rings. The molecule has 0 aromatic heterocycles. The zero-order valence-corrected chi connectivity index (χ0v) is 11.0. The second kappa shape index (κ2) is 5.27. The maximum absolute atomic E-state index is 12.0. The van der Waals surface area contributed by atoms with Crippen LogP contribution in [0.1, 0.15) is 13.3 Å². The number of nitrogen functional groups attached to an aromatic ring is 1. The summed E-state index contributed by atoms with van der Waals surface area (Å²) in [6.45, 7) is 1.80. The minimum atomic E-state index is -3.36. The number of hydrogen-bond donors (Lipinski definition) is 1. The fraction of sp³-hybridized carbons (Fsp3) is 0.455. The van der Waals surface area contributed by atoms with Crippen molar-refractivity contribution in [2.45, 2.75) is 18.2 Å². The molecule has 0 heterocycles. The highest BCUT2D eigenvalue weighted by molar-refractivity contribution is 7.91. The van der Waals surface area contributed by atoms with Gasteiger partial charge in [0.25, 0.3) is 0 Å². The van der Waals surface area contributed by atoms with Crippen LogP contribution in [0.15, 0.2) is 17.0 Å². The highest BCUT2D eigenvalue weighted by Gasteiger charge is 2.21. The van der Waals surface area contributed by atoms with Gasteiger partial charge in [-0.3, -0.25) is 0 Å². The van der Waals surface area contributed by atoms with Gasteiger partial charge in [-0.25, -0.2) is 8.42 Å².